The van der Waals surface area contributed by atoms with Gasteiger partial charge in [0.1, 0.15) is 6.04 Å². The maximum Gasteiger partial charge on any atom is 0.328 e. The van der Waals surface area contributed by atoms with Gasteiger partial charge in [0.05, 0.1) is 0 Å². The summed E-state index contributed by atoms with van der Waals surface area (Å²) in [6, 6.07) is 6.94. The van der Waals surface area contributed by atoms with Gasteiger partial charge in [-0.05, 0) is 31.5 Å². The Bertz CT molecular complexity index is 460. The van der Waals surface area contributed by atoms with Gasteiger partial charge in [0.15, 0.2) is 0 Å². The van der Waals surface area contributed by atoms with Crippen LogP contribution in [0.15, 0.2) is 24.3 Å². The van der Waals surface area contributed by atoms with E-state index in [4.69, 9.17) is 5.11 Å². The van der Waals surface area contributed by atoms with E-state index in [0.717, 1.165) is 11.3 Å². The second kappa shape index (κ2) is 6.78. The van der Waals surface area contributed by atoms with Gasteiger partial charge < -0.3 is 15.3 Å². The van der Waals surface area contributed by atoms with Gasteiger partial charge >= 0.3 is 5.97 Å². The van der Waals surface area contributed by atoms with Crippen LogP contribution in [0.4, 0.5) is 5.69 Å². The topological polar surface area (TPSA) is 69.6 Å². The molecule has 0 heterocycles. The van der Waals surface area contributed by atoms with Crippen molar-refractivity contribution in [1.29, 1.82) is 0 Å². The number of carboxylic acid groups (broad SMARTS) is 1. The van der Waals surface area contributed by atoms with E-state index in [9.17, 15) is 9.59 Å². The lowest BCUT2D eigenvalue weighted by Gasteiger charge is -2.27. The zero-order valence-corrected chi connectivity index (χ0v) is 11.5. The van der Waals surface area contributed by atoms with Crippen LogP contribution in [0.1, 0.15) is 19.4 Å². The molecule has 1 unspecified atom stereocenters. The second-order valence-corrected chi connectivity index (χ2v) is 4.47. The molecule has 2 N–H and O–H groups in total. The van der Waals surface area contributed by atoms with Gasteiger partial charge in [-0.2, -0.15) is 0 Å². The third-order valence-electron chi connectivity index (χ3n) is 2.83. The van der Waals surface area contributed by atoms with Crippen molar-refractivity contribution in [2.75, 3.05) is 18.0 Å². The smallest absolute Gasteiger partial charge is 0.328 e. The number of aliphatic carboxylic acids is 1. The Morgan fingerprint density at radius 1 is 1.42 bits per heavy atom. The summed E-state index contributed by atoms with van der Waals surface area (Å²) < 4.78 is 0. The lowest BCUT2D eigenvalue weighted by Crippen LogP contribution is -2.48. The molecule has 1 aromatic rings. The summed E-state index contributed by atoms with van der Waals surface area (Å²) in [5.41, 5.74) is 2.07. The van der Waals surface area contributed by atoms with Crippen LogP contribution in [0.2, 0.25) is 0 Å². The van der Waals surface area contributed by atoms with E-state index in [1.54, 1.807) is 0 Å². The number of nitrogens with one attached hydrogen (secondary N) is 1. The monoisotopic (exact) mass is 264 g/mol. The first-order chi connectivity index (χ1) is 8.93. The fraction of sp³-hybridized carbons (Fsp3) is 0.429. The lowest BCUT2D eigenvalue weighted by atomic mass is 10.2. The molecule has 1 atom stereocenters. The number of nitrogens with zero attached hydrogens (tertiary/aromatic N) is 1. The number of hydrogen-bond acceptors (Lipinski definition) is 3. The number of carboxylic acids is 1. The van der Waals surface area contributed by atoms with Gasteiger partial charge in [-0.25, -0.2) is 4.79 Å². The molecule has 104 valence electrons. The zero-order valence-electron chi connectivity index (χ0n) is 11.5. The molecule has 0 aliphatic carbocycles. The summed E-state index contributed by atoms with van der Waals surface area (Å²) in [7, 11) is 0. The van der Waals surface area contributed by atoms with Crippen molar-refractivity contribution in [3.05, 3.63) is 29.8 Å². The highest BCUT2D eigenvalue weighted by Crippen LogP contribution is 2.16. The van der Waals surface area contributed by atoms with Crippen molar-refractivity contribution in [1.82, 2.24) is 5.32 Å². The number of carbonyl (C=O) groups is 2. The van der Waals surface area contributed by atoms with Gasteiger partial charge in [-0.1, -0.05) is 12.1 Å². The highest BCUT2D eigenvalue weighted by Gasteiger charge is 2.21. The molecular formula is C14H20N2O3. The van der Waals surface area contributed by atoms with Crippen molar-refractivity contribution in [3.63, 3.8) is 0 Å². The Labute approximate surface area is 113 Å². The minimum Gasteiger partial charge on any atom is -0.480 e. The van der Waals surface area contributed by atoms with Crippen molar-refractivity contribution in [2.24, 2.45) is 0 Å². The molecular weight excluding hydrogens is 244 g/mol. The fourth-order valence-electron chi connectivity index (χ4n) is 1.89. The molecule has 1 aromatic carbocycles. The molecule has 0 bridgehead atoms. The first-order valence-corrected chi connectivity index (χ1v) is 6.25. The highest BCUT2D eigenvalue weighted by atomic mass is 16.4. The Kier molecular flexibility index (Phi) is 5.36. The summed E-state index contributed by atoms with van der Waals surface area (Å²) in [5, 5.41) is 11.6. The number of amides is 1. The van der Waals surface area contributed by atoms with E-state index in [-0.39, 0.29) is 12.5 Å². The normalized spacial score (nSPS) is 11.7. The Morgan fingerprint density at radius 2 is 2.11 bits per heavy atom. The molecule has 0 fully saturated rings. The minimum atomic E-state index is -1.03. The zero-order chi connectivity index (χ0) is 14.4. The van der Waals surface area contributed by atoms with E-state index in [0.29, 0.717) is 6.54 Å². The summed E-state index contributed by atoms with van der Waals surface area (Å²) in [5.74, 6) is -1.37. The molecule has 0 saturated carbocycles. The van der Waals surface area contributed by atoms with Gasteiger partial charge in [-0.3, -0.25) is 4.79 Å². The molecule has 1 amide bonds. The third-order valence-corrected chi connectivity index (χ3v) is 2.83. The molecule has 1 rings (SSSR count). The van der Waals surface area contributed by atoms with Crippen molar-refractivity contribution < 1.29 is 14.7 Å². The van der Waals surface area contributed by atoms with Gasteiger partial charge in [0, 0.05) is 25.7 Å². The molecule has 0 aliphatic heterocycles. The third kappa shape index (κ3) is 4.62. The van der Waals surface area contributed by atoms with E-state index in [2.05, 4.69) is 5.32 Å². The van der Waals surface area contributed by atoms with E-state index in [1.165, 1.54) is 6.92 Å². The summed E-state index contributed by atoms with van der Waals surface area (Å²) in [6.07, 6.45) is 0. The van der Waals surface area contributed by atoms with Gasteiger partial charge in [0.25, 0.3) is 0 Å². The van der Waals surface area contributed by atoms with Crippen LogP contribution in [0, 0.1) is 6.92 Å². The highest BCUT2D eigenvalue weighted by molar-refractivity contribution is 5.82. The lowest BCUT2D eigenvalue weighted by molar-refractivity contribution is -0.141. The molecule has 0 radical (unpaired) electrons. The van der Waals surface area contributed by atoms with Gasteiger partial charge in [0.2, 0.25) is 5.91 Å². The Morgan fingerprint density at radius 3 is 2.58 bits per heavy atom. The van der Waals surface area contributed by atoms with Crippen LogP contribution < -0.4 is 10.2 Å². The van der Waals surface area contributed by atoms with E-state index < -0.39 is 12.0 Å². The number of likely N-dealkylation sites (N-methyl/N-ethyl adjacent to an activating group) is 1. The molecule has 0 aromatic heterocycles. The fourth-order valence-corrected chi connectivity index (χ4v) is 1.89. The van der Waals surface area contributed by atoms with Crippen LogP contribution >= 0.6 is 0 Å². The average molecular weight is 264 g/mol. The standard InChI is InChI=1S/C14H20N2O3/c1-4-16(12-7-5-6-10(2)8-12)9-13(14(18)19)15-11(3)17/h5-8,13H,4,9H2,1-3H3,(H,15,17)(H,18,19). The van der Waals surface area contributed by atoms with Crippen LogP contribution in [0.3, 0.4) is 0 Å². The SMILES string of the molecule is CCN(CC(NC(C)=O)C(=O)O)c1cccc(C)c1. The second-order valence-electron chi connectivity index (χ2n) is 4.47. The molecule has 0 aliphatic rings. The summed E-state index contributed by atoms with van der Waals surface area (Å²) in [6.45, 7) is 6.18. The first-order valence-electron chi connectivity index (χ1n) is 6.25. The predicted molar refractivity (Wildman–Crippen MR) is 74.3 cm³/mol. The predicted octanol–water partition coefficient (Wildman–Crippen LogP) is 1.41. The molecule has 0 spiro atoms. The van der Waals surface area contributed by atoms with E-state index >= 15 is 0 Å². The number of anilines is 1. The number of carbonyl (C=O) groups excluding carboxylic acids is 1. The summed E-state index contributed by atoms with van der Waals surface area (Å²) >= 11 is 0. The van der Waals surface area contributed by atoms with Crippen molar-refractivity contribution >= 4 is 17.6 Å². The number of benzene rings is 1. The van der Waals surface area contributed by atoms with Gasteiger partial charge in [-0.15, -0.1) is 0 Å². The van der Waals surface area contributed by atoms with Crippen LogP contribution in [-0.2, 0) is 9.59 Å². The van der Waals surface area contributed by atoms with Crippen LogP contribution in [0.25, 0.3) is 0 Å². The summed E-state index contributed by atoms with van der Waals surface area (Å²) in [4.78, 5) is 24.1. The maximum absolute atomic E-state index is 11.1. The van der Waals surface area contributed by atoms with Crippen molar-refractivity contribution in [2.45, 2.75) is 26.8 Å². The number of hydrogen-bond donors (Lipinski definition) is 2. The largest absolute Gasteiger partial charge is 0.480 e. The quantitative estimate of drug-likeness (QED) is 0.815. The Balaban J connectivity index is 2.85. The van der Waals surface area contributed by atoms with Crippen molar-refractivity contribution in [3.8, 4) is 0 Å². The van der Waals surface area contributed by atoms with E-state index in [1.807, 2.05) is 43.0 Å². The molecule has 5 nitrogen and oxygen atoms in total. The van der Waals surface area contributed by atoms with Crippen LogP contribution in [0.5, 0.6) is 0 Å². The maximum atomic E-state index is 11.1. The minimum absolute atomic E-state index is 0.245. The molecule has 19 heavy (non-hydrogen) atoms. The number of aryl methyl sites for hydroxylation is 1. The average Bonchev–Trinajstić information content (AvgIpc) is 2.33. The van der Waals surface area contributed by atoms with Crippen LogP contribution in [-0.4, -0.2) is 36.1 Å². The number of rotatable bonds is 6. The molecule has 5 heteroatoms. The first kappa shape index (κ1) is 15.0. The Hall–Kier alpha value is -2.04. The molecule has 0 saturated heterocycles.